The third-order valence-electron chi connectivity index (χ3n) is 3.69. The fraction of sp³-hybridized carbons (Fsp3) is 0.111. The quantitative estimate of drug-likeness (QED) is 0.519. The Hall–Kier alpha value is -3.39. The standard InChI is InChI=1S/C18H15ClN4O4/c1-11-5-15(3-4-17(11)19)27-16-7-13(6-14(8-16)23(25)26)21-18(24)12-9-20-22(2)10-12/h3-10H,1-2H3,(H,21,24). The number of benzene rings is 2. The smallest absolute Gasteiger partial charge is 0.275 e. The van der Waals surface area contributed by atoms with E-state index in [1.807, 2.05) is 6.92 Å². The van der Waals surface area contributed by atoms with E-state index in [9.17, 15) is 14.9 Å². The van der Waals surface area contributed by atoms with E-state index in [1.54, 1.807) is 31.4 Å². The molecule has 0 aliphatic heterocycles. The normalized spacial score (nSPS) is 10.5. The monoisotopic (exact) mass is 386 g/mol. The van der Waals surface area contributed by atoms with Crippen molar-refractivity contribution < 1.29 is 14.5 Å². The first-order valence-corrected chi connectivity index (χ1v) is 8.23. The van der Waals surface area contributed by atoms with Crippen molar-refractivity contribution in [3.8, 4) is 11.5 Å². The number of halogens is 1. The molecule has 0 aliphatic rings. The molecule has 138 valence electrons. The van der Waals surface area contributed by atoms with Gasteiger partial charge in [0.1, 0.15) is 11.5 Å². The maximum Gasteiger partial charge on any atom is 0.275 e. The number of ether oxygens (including phenoxy) is 1. The Morgan fingerprint density at radius 2 is 2.04 bits per heavy atom. The molecule has 9 heteroatoms. The van der Waals surface area contributed by atoms with Crippen molar-refractivity contribution in [3.05, 3.63) is 75.1 Å². The van der Waals surface area contributed by atoms with Gasteiger partial charge in [-0.25, -0.2) is 0 Å². The van der Waals surface area contributed by atoms with Crippen LogP contribution in [0, 0.1) is 17.0 Å². The van der Waals surface area contributed by atoms with Crippen LogP contribution in [0.1, 0.15) is 15.9 Å². The minimum Gasteiger partial charge on any atom is -0.457 e. The average Bonchev–Trinajstić information content (AvgIpc) is 3.04. The Labute approximate surface area is 159 Å². The topological polar surface area (TPSA) is 99.3 Å². The van der Waals surface area contributed by atoms with Gasteiger partial charge >= 0.3 is 0 Å². The predicted octanol–water partition coefficient (Wildman–Crippen LogP) is 4.33. The zero-order valence-corrected chi connectivity index (χ0v) is 15.2. The first-order valence-electron chi connectivity index (χ1n) is 7.85. The van der Waals surface area contributed by atoms with Gasteiger partial charge in [-0.2, -0.15) is 5.10 Å². The van der Waals surface area contributed by atoms with Crippen molar-refractivity contribution in [1.29, 1.82) is 0 Å². The average molecular weight is 387 g/mol. The number of hydrogen-bond acceptors (Lipinski definition) is 5. The number of aryl methyl sites for hydroxylation is 2. The van der Waals surface area contributed by atoms with Crippen LogP contribution < -0.4 is 10.1 Å². The number of hydrogen-bond donors (Lipinski definition) is 1. The van der Waals surface area contributed by atoms with E-state index in [4.69, 9.17) is 16.3 Å². The summed E-state index contributed by atoms with van der Waals surface area (Å²) in [4.78, 5) is 22.9. The van der Waals surface area contributed by atoms with E-state index >= 15 is 0 Å². The van der Waals surface area contributed by atoms with Crippen LogP contribution in [0.3, 0.4) is 0 Å². The van der Waals surface area contributed by atoms with Crippen LogP contribution in [-0.2, 0) is 7.05 Å². The summed E-state index contributed by atoms with van der Waals surface area (Å²) >= 11 is 5.99. The SMILES string of the molecule is Cc1cc(Oc2cc(NC(=O)c3cnn(C)c3)cc([N+](=O)[O-])c2)ccc1Cl. The summed E-state index contributed by atoms with van der Waals surface area (Å²) in [6.07, 6.45) is 2.95. The van der Waals surface area contributed by atoms with E-state index in [-0.39, 0.29) is 17.1 Å². The molecule has 0 unspecified atom stereocenters. The minimum absolute atomic E-state index is 0.209. The number of aromatic nitrogens is 2. The number of anilines is 1. The van der Waals surface area contributed by atoms with Crippen molar-refractivity contribution in [3.63, 3.8) is 0 Å². The lowest BCUT2D eigenvalue weighted by Crippen LogP contribution is -2.11. The van der Waals surface area contributed by atoms with E-state index in [2.05, 4.69) is 10.4 Å². The summed E-state index contributed by atoms with van der Waals surface area (Å²) in [7, 11) is 1.68. The lowest BCUT2D eigenvalue weighted by molar-refractivity contribution is -0.384. The highest BCUT2D eigenvalue weighted by atomic mass is 35.5. The Kier molecular flexibility index (Phi) is 5.09. The van der Waals surface area contributed by atoms with Crippen molar-refractivity contribution in [2.75, 3.05) is 5.32 Å². The molecule has 1 aromatic heterocycles. The summed E-state index contributed by atoms with van der Waals surface area (Å²) in [5, 5.41) is 18.4. The van der Waals surface area contributed by atoms with Crippen LogP contribution in [-0.4, -0.2) is 20.6 Å². The molecule has 0 saturated carbocycles. The number of rotatable bonds is 5. The Balaban J connectivity index is 1.89. The maximum absolute atomic E-state index is 12.3. The van der Waals surface area contributed by atoms with Gasteiger partial charge in [-0.15, -0.1) is 0 Å². The molecule has 0 aliphatic carbocycles. The van der Waals surface area contributed by atoms with Crippen LogP contribution in [0.5, 0.6) is 11.5 Å². The molecule has 1 amide bonds. The van der Waals surface area contributed by atoms with Crippen LogP contribution in [0.4, 0.5) is 11.4 Å². The third kappa shape index (κ3) is 4.42. The van der Waals surface area contributed by atoms with Gasteiger partial charge in [0.05, 0.1) is 28.4 Å². The summed E-state index contributed by atoms with van der Waals surface area (Å²) in [6.45, 7) is 1.82. The summed E-state index contributed by atoms with van der Waals surface area (Å²) in [5.74, 6) is 0.256. The molecule has 0 radical (unpaired) electrons. The van der Waals surface area contributed by atoms with Gasteiger partial charge in [-0.3, -0.25) is 19.6 Å². The lowest BCUT2D eigenvalue weighted by atomic mass is 10.2. The number of nitrogens with zero attached hydrogens (tertiary/aromatic N) is 3. The van der Waals surface area contributed by atoms with E-state index in [1.165, 1.54) is 29.1 Å². The van der Waals surface area contributed by atoms with Crippen LogP contribution in [0.2, 0.25) is 5.02 Å². The second-order valence-electron chi connectivity index (χ2n) is 5.84. The summed E-state index contributed by atoms with van der Waals surface area (Å²) < 4.78 is 7.19. The number of non-ortho nitro benzene ring substituents is 1. The van der Waals surface area contributed by atoms with E-state index < -0.39 is 10.8 Å². The van der Waals surface area contributed by atoms with Crippen LogP contribution in [0.15, 0.2) is 48.8 Å². The van der Waals surface area contributed by atoms with Crippen LogP contribution >= 0.6 is 11.6 Å². The fourth-order valence-electron chi connectivity index (χ4n) is 2.38. The van der Waals surface area contributed by atoms with Crippen molar-refractivity contribution >= 4 is 28.9 Å². The number of carbonyl (C=O) groups is 1. The number of nitro groups is 1. The molecule has 1 N–H and O–H groups in total. The molecule has 3 aromatic rings. The molecule has 0 spiro atoms. The number of carbonyl (C=O) groups excluding carboxylic acids is 1. The zero-order valence-electron chi connectivity index (χ0n) is 14.5. The van der Waals surface area contributed by atoms with Gasteiger partial charge in [-0.1, -0.05) is 11.6 Å². The molecule has 1 heterocycles. The summed E-state index contributed by atoms with van der Waals surface area (Å²) in [5.41, 5.74) is 1.17. The molecular formula is C18H15ClN4O4. The van der Waals surface area contributed by atoms with Crippen LogP contribution in [0.25, 0.3) is 0 Å². The third-order valence-corrected chi connectivity index (χ3v) is 4.12. The second kappa shape index (κ2) is 7.46. The first-order chi connectivity index (χ1) is 12.8. The fourth-order valence-corrected chi connectivity index (χ4v) is 2.50. The number of nitrogens with one attached hydrogen (secondary N) is 1. The lowest BCUT2D eigenvalue weighted by Gasteiger charge is -2.10. The van der Waals surface area contributed by atoms with E-state index in [0.29, 0.717) is 16.3 Å². The van der Waals surface area contributed by atoms with Gasteiger partial charge in [0.2, 0.25) is 0 Å². The molecule has 3 rings (SSSR count). The minimum atomic E-state index is -0.556. The van der Waals surface area contributed by atoms with Crippen molar-refractivity contribution in [2.24, 2.45) is 7.05 Å². The number of nitro benzene ring substituents is 1. The Morgan fingerprint density at radius 3 is 2.67 bits per heavy atom. The molecule has 27 heavy (non-hydrogen) atoms. The van der Waals surface area contributed by atoms with Crippen molar-refractivity contribution in [2.45, 2.75) is 6.92 Å². The highest BCUT2D eigenvalue weighted by molar-refractivity contribution is 6.31. The van der Waals surface area contributed by atoms with Crippen molar-refractivity contribution in [1.82, 2.24) is 9.78 Å². The predicted molar refractivity (Wildman–Crippen MR) is 101 cm³/mol. The van der Waals surface area contributed by atoms with E-state index in [0.717, 1.165) is 5.56 Å². The first kappa shape index (κ1) is 18.4. The Morgan fingerprint density at radius 1 is 1.26 bits per heavy atom. The molecule has 0 saturated heterocycles. The van der Waals surface area contributed by atoms with Gasteiger partial charge in [0.25, 0.3) is 11.6 Å². The second-order valence-corrected chi connectivity index (χ2v) is 6.25. The van der Waals surface area contributed by atoms with Gasteiger partial charge in [0, 0.05) is 30.4 Å². The molecule has 8 nitrogen and oxygen atoms in total. The number of amides is 1. The zero-order chi connectivity index (χ0) is 19.6. The molecule has 0 atom stereocenters. The molecule has 2 aromatic carbocycles. The largest absolute Gasteiger partial charge is 0.457 e. The maximum atomic E-state index is 12.3. The Bertz CT molecular complexity index is 1030. The van der Waals surface area contributed by atoms with Gasteiger partial charge in [0.15, 0.2) is 0 Å². The summed E-state index contributed by atoms with van der Waals surface area (Å²) in [6, 6.07) is 9.09. The van der Waals surface area contributed by atoms with Gasteiger partial charge in [-0.05, 0) is 30.7 Å². The molecule has 0 bridgehead atoms. The highest BCUT2D eigenvalue weighted by Crippen LogP contribution is 2.31. The molecule has 0 fully saturated rings. The van der Waals surface area contributed by atoms with Gasteiger partial charge < -0.3 is 10.1 Å². The molecular weight excluding hydrogens is 372 g/mol. The highest BCUT2D eigenvalue weighted by Gasteiger charge is 2.15.